The van der Waals surface area contributed by atoms with Crippen LogP contribution >= 0.6 is 0 Å². The van der Waals surface area contributed by atoms with Crippen molar-refractivity contribution in [3.05, 3.63) is 101 Å². The van der Waals surface area contributed by atoms with Crippen molar-refractivity contribution in [3.8, 4) is 11.1 Å². The summed E-state index contributed by atoms with van der Waals surface area (Å²) in [6.07, 6.45) is 0.876. The fraction of sp³-hybridized carbons (Fsp3) is 0.226. The third kappa shape index (κ3) is 3.88. The van der Waals surface area contributed by atoms with E-state index in [0.717, 1.165) is 27.3 Å². The molecule has 0 bridgehead atoms. The molecule has 0 spiro atoms. The number of aliphatic hydroxyl groups is 1. The molecule has 0 amide bonds. The Kier molecular flexibility index (Phi) is 5.55. The van der Waals surface area contributed by atoms with Crippen LogP contribution in [0.2, 0.25) is 0 Å². The summed E-state index contributed by atoms with van der Waals surface area (Å²) < 4.78 is 32.0. The number of rotatable bonds is 4. The molecule has 4 nitrogen and oxygen atoms in total. The number of aromatic amines is 1. The summed E-state index contributed by atoms with van der Waals surface area (Å²) in [5.41, 5.74) is 2.84. The number of benzene rings is 4. The third-order valence-corrected chi connectivity index (χ3v) is 7.61. The molecule has 6 heteroatoms. The van der Waals surface area contributed by atoms with Gasteiger partial charge in [0.2, 0.25) is 0 Å². The monoisotopic (exact) mass is 497 g/mol. The molecule has 0 saturated carbocycles. The summed E-state index contributed by atoms with van der Waals surface area (Å²) in [6.45, 7) is 6.03. The highest BCUT2D eigenvalue weighted by Crippen LogP contribution is 2.44. The number of aromatic nitrogens is 1. The lowest BCUT2D eigenvalue weighted by Gasteiger charge is -2.44. The second-order valence-electron chi connectivity index (χ2n) is 10.5. The van der Waals surface area contributed by atoms with Gasteiger partial charge in [-0.3, -0.25) is 0 Å². The molecule has 0 aliphatic carbocycles. The maximum atomic E-state index is 16.4. The largest absolute Gasteiger partial charge is 0.389 e. The zero-order chi connectivity index (χ0) is 25.9. The van der Waals surface area contributed by atoms with Gasteiger partial charge in [-0.05, 0) is 54.8 Å². The van der Waals surface area contributed by atoms with Crippen LogP contribution < -0.4 is 10.6 Å². The predicted molar refractivity (Wildman–Crippen MR) is 146 cm³/mol. The highest BCUT2D eigenvalue weighted by Gasteiger charge is 2.43. The molecule has 5 aromatic rings. The molecule has 1 aliphatic heterocycles. The Hall–Kier alpha value is -3.74. The summed E-state index contributed by atoms with van der Waals surface area (Å²) in [6, 6.07) is 20.3. The van der Waals surface area contributed by atoms with Gasteiger partial charge in [-0.25, -0.2) is 8.78 Å². The van der Waals surface area contributed by atoms with E-state index in [2.05, 4.69) is 33.8 Å². The molecule has 6 rings (SSSR count). The standard InChI is InChI=1S/C31H29F2N3O/c1-17-15-34-28-21(17)9-6-10-22(28)25-23(32)14-24-26(27(25)33)29(30(37)31(2,3)36-24)35-16-18-11-12-19-7-4-5-8-20(19)13-18/h4-15,29-30,34-37H,16H2,1-3H3/t29-,30+/m0/s1. The van der Waals surface area contributed by atoms with E-state index in [1.807, 2.05) is 63.4 Å². The maximum absolute atomic E-state index is 16.4. The first-order valence-corrected chi connectivity index (χ1v) is 12.5. The number of H-pyrrole nitrogens is 1. The van der Waals surface area contributed by atoms with E-state index in [-0.39, 0.29) is 11.1 Å². The lowest BCUT2D eigenvalue weighted by Crippen LogP contribution is -2.54. The molecule has 2 heterocycles. The van der Waals surface area contributed by atoms with Crippen LogP contribution in [-0.4, -0.2) is 21.7 Å². The molecule has 4 aromatic carbocycles. The fourth-order valence-corrected chi connectivity index (χ4v) is 5.58. The average Bonchev–Trinajstić information content (AvgIpc) is 3.26. The molecule has 2 atom stereocenters. The minimum Gasteiger partial charge on any atom is -0.389 e. The zero-order valence-electron chi connectivity index (χ0n) is 21.0. The van der Waals surface area contributed by atoms with Gasteiger partial charge in [-0.15, -0.1) is 0 Å². The first-order valence-electron chi connectivity index (χ1n) is 12.5. The molecule has 0 fully saturated rings. The minimum atomic E-state index is -0.961. The SMILES string of the molecule is Cc1c[nH]c2c(-c3c(F)cc4c(c3F)[C@H](NCc3ccc5ccccc5c3)[C@@H](O)C(C)(C)N4)cccc12. The van der Waals surface area contributed by atoms with Crippen LogP contribution in [0, 0.1) is 18.6 Å². The van der Waals surface area contributed by atoms with E-state index in [0.29, 0.717) is 23.3 Å². The van der Waals surface area contributed by atoms with E-state index in [1.54, 1.807) is 6.07 Å². The van der Waals surface area contributed by atoms with Crippen LogP contribution in [0.5, 0.6) is 0 Å². The van der Waals surface area contributed by atoms with Crippen molar-refractivity contribution in [1.82, 2.24) is 10.3 Å². The van der Waals surface area contributed by atoms with Gasteiger partial charge in [-0.1, -0.05) is 54.6 Å². The number of halogens is 2. The Morgan fingerprint density at radius 1 is 0.973 bits per heavy atom. The summed E-state index contributed by atoms with van der Waals surface area (Å²) in [5.74, 6) is -1.32. The summed E-state index contributed by atoms with van der Waals surface area (Å²) >= 11 is 0. The van der Waals surface area contributed by atoms with Gasteiger partial charge < -0.3 is 20.7 Å². The van der Waals surface area contributed by atoms with Crippen LogP contribution in [0.4, 0.5) is 14.5 Å². The molecule has 0 radical (unpaired) electrons. The Balaban J connectivity index is 1.45. The van der Waals surface area contributed by atoms with Crippen LogP contribution in [0.15, 0.2) is 72.9 Å². The van der Waals surface area contributed by atoms with Crippen molar-refractivity contribution in [2.45, 2.75) is 45.0 Å². The molecular formula is C31H29F2N3O. The van der Waals surface area contributed by atoms with Gasteiger partial charge in [0.05, 0.1) is 28.8 Å². The van der Waals surface area contributed by atoms with Gasteiger partial charge in [0, 0.05) is 34.9 Å². The zero-order valence-corrected chi connectivity index (χ0v) is 21.0. The molecule has 0 saturated heterocycles. The maximum Gasteiger partial charge on any atom is 0.140 e. The number of aliphatic hydroxyl groups excluding tert-OH is 1. The third-order valence-electron chi connectivity index (χ3n) is 7.61. The number of nitrogens with one attached hydrogen (secondary N) is 3. The quantitative estimate of drug-likeness (QED) is 0.217. The first-order chi connectivity index (χ1) is 17.7. The number of fused-ring (bicyclic) bond motifs is 3. The molecule has 0 unspecified atom stereocenters. The second kappa shape index (κ2) is 8.68. The van der Waals surface area contributed by atoms with Crippen LogP contribution in [0.25, 0.3) is 32.8 Å². The summed E-state index contributed by atoms with van der Waals surface area (Å²) in [5, 5.41) is 21.0. The van der Waals surface area contributed by atoms with E-state index in [9.17, 15) is 5.11 Å². The van der Waals surface area contributed by atoms with Crippen molar-refractivity contribution in [2.24, 2.45) is 0 Å². The van der Waals surface area contributed by atoms with Crippen molar-refractivity contribution in [2.75, 3.05) is 5.32 Å². The molecule has 37 heavy (non-hydrogen) atoms. The second-order valence-corrected chi connectivity index (χ2v) is 10.5. The van der Waals surface area contributed by atoms with E-state index in [4.69, 9.17) is 0 Å². The van der Waals surface area contributed by atoms with Gasteiger partial charge in [-0.2, -0.15) is 0 Å². The number of hydrogen-bond donors (Lipinski definition) is 4. The van der Waals surface area contributed by atoms with Crippen molar-refractivity contribution >= 4 is 27.4 Å². The van der Waals surface area contributed by atoms with Crippen molar-refractivity contribution in [3.63, 3.8) is 0 Å². The topological polar surface area (TPSA) is 60.1 Å². The lowest BCUT2D eigenvalue weighted by molar-refractivity contribution is 0.0663. The Morgan fingerprint density at radius 3 is 2.57 bits per heavy atom. The molecule has 1 aromatic heterocycles. The highest BCUT2D eigenvalue weighted by atomic mass is 19.1. The van der Waals surface area contributed by atoms with Gasteiger partial charge in [0.25, 0.3) is 0 Å². The van der Waals surface area contributed by atoms with Crippen LogP contribution in [-0.2, 0) is 6.54 Å². The van der Waals surface area contributed by atoms with Crippen molar-refractivity contribution < 1.29 is 13.9 Å². The fourth-order valence-electron chi connectivity index (χ4n) is 5.58. The number of anilines is 1. The Labute approximate surface area is 214 Å². The number of para-hydroxylation sites is 1. The Bertz CT molecular complexity index is 1660. The first kappa shape index (κ1) is 23.6. The van der Waals surface area contributed by atoms with E-state index >= 15 is 8.78 Å². The summed E-state index contributed by atoms with van der Waals surface area (Å²) in [7, 11) is 0. The van der Waals surface area contributed by atoms with Crippen LogP contribution in [0.3, 0.4) is 0 Å². The van der Waals surface area contributed by atoms with E-state index in [1.165, 1.54) is 6.07 Å². The van der Waals surface area contributed by atoms with Gasteiger partial charge in [0.1, 0.15) is 11.6 Å². The van der Waals surface area contributed by atoms with E-state index < -0.39 is 29.3 Å². The molecule has 1 aliphatic rings. The lowest BCUT2D eigenvalue weighted by atomic mass is 9.80. The summed E-state index contributed by atoms with van der Waals surface area (Å²) in [4.78, 5) is 3.17. The number of hydrogen-bond acceptors (Lipinski definition) is 3. The smallest absolute Gasteiger partial charge is 0.140 e. The van der Waals surface area contributed by atoms with Crippen molar-refractivity contribution in [1.29, 1.82) is 0 Å². The molecular weight excluding hydrogens is 468 g/mol. The normalized spacial score (nSPS) is 18.6. The van der Waals surface area contributed by atoms with Gasteiger partial charge in [0.15, 0.2) is 0 Å². The molecule has 4 N–H and O–H groups in total. The molecule has 188 valence electrons. The van der Waals surface area contributed by atoms with Gasteiger partial charge >= 0.3 is 0 Å². The number of aryl methyl sites for hydroxylation is 1. The minimum absolute atomic E-state index is 0.0996. The highest BCUT2D eigenvalue weighted by molar-refractivity contribution is 5.96. The average molecular weight is 498 g/mol. The van der Waals surface area contributed by atoms with Crippen LogP contribution in [0.1, 0.15) is 36.6 Å². The Morgan fingerprint density at radius 2 is 1.76 bits per heavy atom. The predicted octanol–water partition coefficient (Wildman–Crippen LogP) is 6.97.